The van der Waals surface area contributed by atoms with E-state index in [0.717, 1.165) is 0 Å². The van der Waals surface area contributed by atoms with Gasteiger partial charge in [0.05, 0.1) is 10.6 Å². The number of hydrogen-bond donors (Lipinski definition) is 1. The normalized spacial score (nSPS) is 18.3. The van der Waals surface area contributed by atoms with Crippen LogP contribution in [-0.2, 0) is 14.8 Å². The summed E-state index contributed by atoms with van der Waals surface area (Å²) in [5, 5.41) is 2.93. The van der Waals surface area contributed by atoms with Crippen molar-refractivity contribution in [2.24, 2.45) is 0 Å². The second kappa shape index (κ2) is 8.26. The van der Waals surface area contributed by atoms with Crippen molar-refractivity contribution in [2.75, 3.05) is 11.9 Å². The number of carbonyl (C=O) groups is 1. The highest BCUT2D eigenvalue weighted by Gasteiger charge is 2.37. The third kappa shape index (κ3) is 4.51. The molecule has 0 radical (unpaired) electrons. The van der Waals surface area contributed by atoms with E-state index < -0.39 is 27.8 Å². The first-order valence-corrected chi connectivity index (χ1v) is 10.9. The lowest BCUT2D eigenvalue weighted by Gasteiger charge is -2.33. The molecule has 0 aromatic heterocycles. The highest BCUT2D eigenvalue weighted by atomic mass is 79.9. The van der Waals surface area contributed by atoms with E-state index in [4.69, 9.17) is 11.6 Å². The number of nitrogens with zero attached hydrogens (tertiary/aromatic N) is 1. The molecule has 1 N–H and O–H groups in total. The number of piperidine rings is 1. The minimum Gasteiger partial charge on any atom is -0.322 e. The highest BCUT2D eigenvalue weighted by Crippen LogP contribution is 2.28. The second-order valence-electron chi connectivity index (χ2n) is 6.19. The lowest BCUT2D eigenvalue weighted by molar-refractivity contribution is -0.120. The predicted molar refractivity (Wildman–Crippen MR) is 106 cm³/mol. The van der Waals surface area contributed by atoms with Gasteiger partial charge in [-0.3, -0.25) is 4.79 Å². The molecule has 1 atom stereocenters. The van der Waals surface area contributed by atoms with Gasteiger partial charge < -0.3 is 5.32 Å². The Morgan fingerprint density at radius 2 is 1.89 bits per heavy atom. The van der Waals surface area contributed by atoms with Crippen molar-refractivity contribution in [1.82, 2.24) is 4.31 Å². The smallest absolute Gasteiger partial charge is 0.243 e. The number of nitrogens with one attached hydrogen (secondary N) is 1. The Hall–Kier alpha value is -1.48. The van der Waals surface area contributed by atoms with E-state index in [0.29, 0.717) is 28.8 Å². The van der Waals surface area contributed by atoms with Crippen molar-refractivity contribution >= 4 is 49.1 Å². The van der Waals surface area contributed by atoms with E-state index in [-0.39, 0.29) is 17.1 Å². The van der Waals surface area contributed by atoms with Crippen LogP contribution in [0.2, 0.25) is 5.02 Å². The van der Waals surface area contributed by atoms with Crippen molar-refractivity contribution in [3.8, 4) is 0 Å². The average Bonchev–Trinajstić information content (AvgIpc) is 2.64. The zero-order valence-electron chi connectivity index (χ0n) is 14.2. The average molecular weight is 476 g/mol. The molecule has 0 spiro atoms. The van der Waals surface area contributed by atoms with Gasteiger partial charge in [0.2, 0.25) is 15.9 Å². The van der Waals surface area contributed by atoms with Crippen molar-refractivity contribution in [1.29, 1.82) is 0 Å². The first kappa shape index (κ1) is 20.3. The van der Waals surface area contributed by atoms with Gasteiger partial charge in [0.25, 0.3) is 0 Å². The van der Waals surface area contributed by atoms with Crippen LogP contribution in [0.15, 0.2) is 51.8 Å². The maximum atomic E-state index is 14.0. The minimum absolute atomic E-state index is 0.0117. The number of amides is 1. The molecule has 1 heterocycles. The number of rotatable bonds is 4. The fraction of sp³-hybridized carbons (Fsp3) is 0.278. The molecule has 1 amide bonds. The second-order valence-corrected chi connectivity index (χ2v) is 9.44. The van der Waals surface area contributed by atoms with E-state index in [2.05, 4.69) is 21.2 Å². The number of hydrogen-bond acceptors (Lipinski definition) is 3. The Kier molecular flexibility index (Phi) is 6.20. The van der Waals surface area contributed by atoms with Gasteiger partial charge in [0.15, 0.2) is 0 Å². The number of halogens is 3. The molecule has 1 aliphatic heterocycles. The molecule has 144 valence electrons. The third-order valence-electron chi connectivity index (χ3n) is 4.37. The number of carbonyl (C=O) groups excluding carboxylic acids is 1. The summed E-state index contributed by atoms with van der Waals surface area (Å²) < 4.78 is 41.8. The molecule has 27 heavy (non-hydrogen) atoms. The van der Waals surface area contributed by atoms with Crippen LogP contribution in [0.25, 0.3) is 0 Å². The Morgan fingerprint density at radius 1 is 1.19 bits per heavy atom. The Labute approximate surface area is 170 Å². The van der Waals surface area contributed by atoms with Gasteiger partial charge in [0, 0.05) is 16.0 Å². The number of sulfonamides is 1. The Balaban J connectivity index is 1.86. The first-order valence-electron chi connectivity index (χ1n) is 8.32. The van der Waals surface area contributed by atoms with Crippen LogP contribution >= 0.6 is 27.5 Å². The summed E-state index contributed by atoms with van der Waals surface area (Å²) in [4.78, 5) is 12.8. The Bertz CT molecular complexity index is 954. The molecule has 0 unspecified atom stereocenters. The minimum atomic E-state index is -3.87. The summed E-state index contributed by atoms with van der Waals surface area (Å²) in [6, 6.07) is 9.17. The van der Waals surface area contributed by atoms with Crippen LogP contribution in [0, 0.1) is 5.82 Å². The molecule has 0 bridgehead atoms. The Morgan fingerprint density at radius 3 is 2.56 bits per heavy atom. The van der Waals surface area contributed by atoms with Crippen LogP contribution in [0.5, 0.6) is 0 Å². The van der Waals surface area contributed by atoms with Gasteiger partial charge in [-0.1, -0.05) is 34.0 Å². The first-order chi connectivity index (χ1) is 12.8. The summed E-state index contributed by atoms with van der Waals surface area (Å²) in [5.74, 6) is -1.14. The number of benzene rings is 2. The molecule has 5 nitrogen and oxygen atoms in total. The van der Waals surface area contributed by atoms with E-state index >= 15 is 0 Å². The molecule has 2 aromatic carbocycles. The molecular formula is C18H17BrClFN2O3S. The van der Waals surface area contributed by atoms with Crippen LogP contribution in [0.4, 0.5) is 10.1 Å². The maximum Gasteiger partial charge on any atom is 0.243 e. The molecule has 1 aliphatic rings. The zero-order chi connectivity index (χ0) is 19.6. The molecule has 3 rings (SSSR count). The van der Waals surface area contributed by atoms with E-state index in [9.17, 15) is 17.6 Å². The summed E-state index contributed by atoms with van der Waals surface area (Å²) in [7, 11) is -3.87. The van der Waals surface area contributed by atoms with E-state index in [1.165, 1.54) is 40.7 Å². The zero-order valence-corrected chi connectivity index (χ0v) is 17.3. The number of anilines is 1. The molecular weight excluding hydrogens is 459 g/mol. The van der Waals surface area contributed by atoms with Crippen LogP contribution in [0.3, 0.4) is 0 Å². The van der Waals surface area contributed by atoms with E-state index in [1.54, 1.807) is 6.07 Å². The fourth-order valence-electron chi connectivity index (χ4n) is 3.00. The van der Waals surface area contributed by atoms with E-state index in [1.807, 2.05) is 0 Å². The maximum absolute atomic E-state index is 14.0. The van der Waals surface area contributed by atoms with Gasteiger partial charge >= 0.3 is 0 Å². The van der Waals surface area contributed by atoms with Crippen molar-refractivity contribution in [3.05, 3.63) is 57.8 Å². The summed E-state index contributed by atoms with van der Waals surface area (Å²) >= 11 is 8.99. The molecule has 2 aromatic rings. The highest BCUT2D eigenvalue weighted by molar-refractivity contribution is 9.10. The summed E-state index contributed by atoms with van der Waals surface area (Å²) in [6.45, 7) is 0.228. The van der Waals surface area contributed by atoms with Crippen molar-refractivity contribution in [2.45, 2.75) is 30.2 Å². The monoisotopic (exact) mass is 474 g/mol. The van der Waals surface area contributed by atoms with Gasteiger partial charge in [-0.2, -0.15) is 4.31 Å². The molecule has 0 aliphatic carbocycles. The van der Waals surface area contributed by atoms with Gasteiger partial charge in [-0.05, 0) is 55.3 Å². The van der Waals surface area contributed by atoms with Crippen LogP contribution < -0.4 is 5.32 Å². The third-order valence-corrected chi connectivity index (χ3v) is 7.03. The molecule has 9 heteroatoms. The lowest BCUT2D eigenvalue weighted by Crippen LogP contribution is -2.49. The standard InChI is InChI=1S/C18H17BrClFN2O3S/c19-12-4-9-16(15(21)11-12)22-18(24)17-3-1-2-10-23(17)27(25,26)14-7-5-13(20)6-8-14/h4-9,11,17H,1-3,10H2,(H,22,24)/t17-/m1/s1. The molecule has 1 fully saturated rings. The van der Waals surface area contributed by atoms with Crippen molar-refractivity contribution in [3.63, 3.8) is 0 Å². The van der Waals surface area contributed by atoms with Gasteiger partial charge in [-0.15, -0.1) is 0 Å². The SMILES string of the molecule is O=C(Nc1ccc(Br)cc1F)[C@H]1CCCCN1S(=O)(=O)c1ccc(Cl)cc1. The topological polar surface area (TPSA) is 66.5 Å². The lowest BCUT2D eigenvalue weighted by atomic mass is 10.0. The fourth-order valence-corrected chi connectivity index (χ4v) is 5.12. The predicted octanol–water partition coefficient (Wildman–Crippen LogP) is 4.42. The van der Waals surface area contributed by atoms with Crippen molar-refractivity contribution < 1.29 is 17.6 Å². The van der Waals surface area contributed by atoms with Crippen LogP contribution in [0.1, 0.15) is 19.3 Å². The quantitative estimate of drug-likeness (QED) is 0.712. The molecule has 1 saturated heterocycles. The summed E-state index contributed by atoms with van der Waals surface area (Å²) in [5.41, 5.74) is 0.0117. The van der Waals surface area contributed by atoms with Gasteiger partial charge in [0.1, 0.15) is 11.9 Å². The van der Waals surface area contributed by atoms with Gasteiger partial charge in [-0.25, -0.2) is 12.8 Å². The van der Waals surface area contributed by atoms with Crippen LogP contribution in [-0.4, -0.2) is 31.2 Å². The largest absolute Gasteiger partial charge is 0.322 e. The molecule has 0 saturated carbocycles. The summed E-state index contributed by atoms with van der Waals surface area (Å²) in [6.07, 6.45) is 1.74.